The van der Waals surface area contributed by atoms with E-state index in [0.29, 0.717) is 5.92 Å². The van der Waals surface area contributed by atoms with Crippen molar-refractivity contribution in [2.45, 2.75) is 76.5 Å². The van der Waals surface area contributed by atoms with E-state index in [4.69, 9.17) is 0 Å². The van der Waals surface area contributed by atoms with Crippen LogP contribution in [0.5, 0.6) is 0 Å². The Morgan fingerprint density at radius 2 is 1.45 bits per heavy atom. The molecule has 0 spiro atoms. The highest BCUT2D eigenvalue weighted by atomic mass is 32.2. The van der Waals surface area contributed by atoms with Crippen LogP contribution in [0.3, 0.4) is 0 Å². The van der Waals surface area contributed by atoms with Gasteiger partial charge in [-0.1, -0.05) is 153 Å². The summed E-state index contributed by atoms with van der Waals surface area (Å²) < 4.78 is 0. The predicted molar refractivity (Wildman–Crippen MR) is 247 cm³/mol. The minimum Gasteiger partial charge on any atom is -0.314 e. The summed E-state index contributed by atoms with van der Waals surface area (Å²) in [6.07, 6.45) is 27.0. The van der Waals surface area contributed by atoms with Crippen LogP contribution < -0.4 is 4.90 Å². The van der Waals surface area contributed by atoms with E-state index in [9.17, 15) is 0 Å². The molecule has 0 N–H and O–H groups in total. The Bertz CT molecular complexity index is 2690. The van der Waals surface area contributed by atoms with Crippen LogP contribution in [0.1, 0.15) is 70.8 Å². The maximum absolute atomic E-state index is 2.58. The third-order valence-electron chi connectivity index (χ3n) is 14.3. The van der Waals surface area contributed by atoms with Crippen molar-refractivity contribution in [2.24, 2.45) is 17.3 Å². The normalized spacial score (nSPS) is 21.8. The molecule has 5 aliphatic carbocycles. The average molecular weight is 770 g/mol. The SMILES string of the molecule is CC1(C)C2=C(C3=C(CC2)Sc2cccc(-c4ccc(N(C5=CC=C(C6=CC=CCC6)CC5)c5ccc(-c6ccccc6)cc5)c5ccccc45)c2C3)C2C=CCCC21. The van der Waals surface area contributed by atoms with E-state index in [0.717, 1.165) is 38.0 Å². The molecule has 0 saturated carbocycles. The predicted octanol–water partition coefficient (Wildman–Crippen LogP) is 15.8. The highest BCUT2D eigenvalue weighted by molar-refractivity contribution is 8.03. The summed E-state index contributed by atoms with van der Waals surface area (Å²) in [5.41, 5.74) is 18.9. The summed E-state index contributed by atoms with van der Waals surface area (Å²) in [4.78, 5) is 5.62. The van der Waals surface area contributed by atoms with Crippen LogP contribution >= 0.6 is 11.8 Å². The quantitative estimate of drug-likeness (QED) is 0.158. The fourth-order valence-electron chi connectivity index (χ4n) is 11.4. The number of benzene rings is 5. The summed E-state index contributed by atoms with van der Waals surface area (Å²) in [7, 11) is 0. The Morgan fingerprint density at radius 3 is 2.26 bits per heavy atom. The molecule has 1 heterocycles. The molecule has 0 bridgehead atoms. The molecule has 11 rings (SSSR count). The van der Waals surface area contributed by atoms with Gasteiger partial charge in [-0.2, -0.15) is 0 Å². The topological polar surface area (TPSA) is 3.24 Å². The maximum Gasteiger partial charge on any atom is 0.0537 e. The first-order chi connectivity index (χ1) is 28.5. The van der Waals surface area contributed by atoms with Gasteiger partial charge in [-0.3, -0.25) is 0 Å². The highest BCUT2D eigenvalue weighted by Crippen LogP contribution is 2.62. The number of nitrogens with zero attached hydrogens (tertiary/aromatic N) is 1. The molecular weight excluding hydrogens is 719 g/mol. The van der Waals surface area contributed by atoms with Gasteiger partial charge in [0.1, 0.15) is 0 Å². The molecule has 0 amide bonds. The summed E-state index contributed by atoms with van der Waals surface area (Å²) >= 11 is 2.07. The Morgan fingerprint density at radius 1 is 0.638 bits per heavy atom. The van der Waals surface area contributed by atoms with Crippen LogP contribution in [0.2, 0.25) is 0 Å². The van der Waals surface area contributed by atoms with E-state index in [-0.39, 0.29) is 5.41 Å². The van der Waals surface area contributed by atoms with Gasteiger partial charge < -0.3 is 4.90 Å². The third-order valence-corrected chi connectivity index (χ3v) is 15.6. The Hall–Kier alpha value is -5.31. The van der Waals surface area contributed by atoms with E-state index in [1.807, 2.05) is 0 Å². The molecular formula is C56H51NS. The molecule has 0 radical (unpaired) electrons. The lowest BCUT2D eigenvalue weighted by Crippen LogP contribution is -2.26. The smallest absolute Gasteiger partial charge is 0.0537 e. The Balaban J connectivity index is 1.02. The molecule has 5 aromatic rings. The van der Waals surface area contributed by atoms with E-state index in [1.165, 1.54) is 97.4 Å². The highest BCUT2D eigenvalue weighted by Gasteiger charge is 2.49. The first kappa shape index (κ1) is 35.8. The molecule has 1 nitrogen and oxygen atoms in total. The monoisotopic (exact) mass is 769 g/mol. The second-order valence-electron chi connectivity index (χ2n) is 17.6. The largest absolute Gasteiger partial charge is 0.314 e. The van der Waals surface area contributed by atoms with Crippen molar-refractivity contribution >= 4 is 33.9 Å². The number of thioether (sulfide) groups is 1. The van der Waals surface area contributed by atoms with Crippen molar-refractivity contribution in [3.05, 3.63) is 196 Å². The number of anilines is 2. The van der Waals surface area contributed by atoms with Crippen molar-refractivity contribution in [1.82, 2.24) is 0 Å². The minimum atomic E-state index is 0.281. The number of allylic oxidation sites excluding steroid dienone is 14. The summed E-state index contributed by atoms with van der Waals surface area (Å²) in [6, 6.07) is 41.0. The zero-order valence-electron chi connectivity index (χ0n) is 33.8. The van der Waals surface area contributed by atoms with Gasteiger partial charge in [0.05, 0.1) is 5.69 Å². The molecule has 0 saturated heterocycles. The van der Waals surface area contributed by atoms with E-state index < -0.39 is 0 Å². The van der Waals surface area contributed by atoms with E-state index in [1.54, 1.807) is 21.6 Å². The summed E-state index contributed by atoms with van der Waals surface area (Å²) in [5, 5.41) is 2.61. The molecule has 1 aliphatic heterocycles. The summed E-state index contributed by atoms with van der Waals surface area (Å²) in [6.45, 7) is 5.10. The molecule has 2 atom stereocenters. The molecule has 286 valence electrons. The van der Waals surface area contributed by atoms with Crippen molar-refractivity contribution in [2.75, 3.05) is 4.90 Å². The maximum atomic E-state index is 2.58. The van der Waals surface area contributed by atoms with Crippen molar-refractivity contribution < 1.29 is 0 Å². The van der Waals surface area contributed by atoms with Gasteiger partial charge in [-0.05, 0) is 153 Å². The fraction of sp³-hybridized carbons (Fsp3) is 0.250. The zero-order valence-corrected chi connectivity index (χ0v) is 34.6. The number of hydrogen-bond donors (Lipinski definition) is 0. The van der Waals surface area contributed by atoms with Gasteiger partial charge >= 0.3 is 0 Å². The number of fused-ring (bicyclic) bond motifs is 5. The van der Waals surface area contributed by atoms with Crippen LogP contribution in [0.4, 0.5) is 11.4 Å². The van der Waals surface area contributed by atoms with Gasteiger partial charge in [0.25, 0.3) is 0 Å². The van der Waals surface area contributed by atoms with Gasteiger partial charge in [-0.25, -0.2) is 0 Å². The average Bonchev–Trinajstić information content (AvgIpc) is 3.52. The van der Waals surface area contributed by atoms with Gasteiger partial charge in [0.2, 0.25) is 0 Å². The van der Waals surface area contributed by atoms with Gasteiger partial charge in [0.15, 0.2) is 0 Å². The van der Waals surface area contributed by atoms with Gasteiger partial charge in [-0.15, -0.1) is 0 Å². The zero-order chi connectivity index (χ0) is 38.8. The standard InChI is InChI=1S/C56H51NS/c1-56(2)50-22-12-11-20-47(50)55-49-36-48-44(21-13-23-53(48)58-54(49)35-33-51(55)56)45-32-34-52(46-19-10-9-18-43(45)46)57(41-28-24-39(25-29-41)37-14-5-3-6-15-37)42-30-26-40(27-31-42)38-16-7-4-8-17-38/h3-7,9-11,13-16,18-21,23-26,28-30,32,34,47,50H,8,12,17,22,27,31,33,35-36H2,1-2H3. The number of hydrogen-bond acceptors (Lipinski definition) is 2. The molecule has 58 heavy (non-hydrogen) atoms. The molecule has 5 aromatic carbocycles. The summed E-state index contributed by atoms with van der Waals surface area (Å²) in [5.74, 6) is 1.30. The van der Waals surface area contributed by atoms with Crippen LogP contribution in [0.15, 0.2) is 195 Å². The van der Waals surface area contributed by atoms with Crippen LogP contribution in [-0.2, 0) is 6.42 Å². The molecule has 2 unspecified atom stereocenters. The van der Waals surface area contributed by atoms with E-state index in [2.05, 4.69) is 182 Å². The fourth-order valence-corrected chi connectivity index (χ4v) is 12.6. The Labute approximate surface area is 349 Å². The van der Waals surface area contributed by atoms with Gasteiger partial charge in [0, 0.05) is 34.0 Å². The first-order valence-electron chi connectivity index (χ1n) is 21.7. The second kappa shape index (κ2) is 14.5. The number of rotatable bonds is 6. The van der Waals surface area contributed by atoms with E-state index >= 15 is 0 Å². The lowest BCUT2D eigenvalue weighted by atomic mass is 9.70. The van der Waals surface area contributed by atoms with Crippen molar-refractivity contribution in [3.63, 3.8) is 0 Å². The lowest BCUT2D eigenvalue weighted by Gasteiger charge is -2.34. The molecule has 2 heteroatoms. The minimum absolute atomic E-state index is 0.281. The Kier molecular flexibility index (Phi) is 8.96. The van der Waals surface area contributed by atoms with Crippen molar-refractivity contribution in [3.8, 4) is 22.3 Å². The molecule has 0 aromatic heterocycles. The molecule has 0 fully saturated rings. The third kappa shape index (κ3) is 5.98. The lowest BCUT2D eigenvalue weighted by molar-refractivity contribution is 0.232. The second-order valence-corrected chi connectivity index (χ2v) is 18.8. The first-order valence-corrected chi connectivity index (χ1v) is 22.5. The van der Waals surface area contributed by atoms with Crippen molar-refractivity contribution in [1.29, 1.82) is 0 Å². The van der Waals surface area contributed by atoms with Crippen LogP contribution in [0.25, 0.3) is 33.0 Å². The van der Waals surface area contributed by atoms with Crippen LogP contribution in [-0.4, -0.2) is 0 Å². The molecule has 6 aliphatic rings. The van der Waals surface area contributed by atoms with Crippen LogP contribution in [0, 0.1) is 17.3 Å².